The number of carbonyl (C=O) groups is 1. The van der Waals surface area contributed by atoms with Crippen molar-refractivity contribution >= 4 is 5.97 Å². The maximum atomic E-state index is 11.1. The van der Waals surface area contributed by atoms with Crippen LogP contribution in [-0.2, 0) is 9.53 Å². The van der Waals surface area contributed by atoms with E-state index in [1.807, 2.05) is 0 Å². The van der Waals surface area contributed by atoms with Gasteiger partial charge in [0.2, 0.25) is 0 Å². The number of methoxy groups -OCH3 is 1. The van der Waals surface area contributed by atoms with Crippen LogP contribution in [0.25, 0.3) is 0 Å². The van der Waals surface area contributed by atoms with Gasteiger partial charge in [-0.25, -0.2) is 0 Å². The van der Waals surface area contributed by atoms with E-state index in [9.17, 15) is 4.79 Å². The van der Waals surface area contributed by atoms with Gasteiger partial charge in [-0.15, -0.1) is 0 Å². The fourth-order valence-corrected chi connectivity index (χ4v) is 2.31. The molecule has 0 amide bonds. The molecule has 1 rings (SSSR count). The molecule has 2 N–H and O–H groups in total. The second kappa shape index (κ2) is 5.31. The zero-order chi connectivity index (χ0) is 11.4. The molecule has 3 heteroatoms. The van der Waals surface area contributed by atoms with Crippen molar-refractivity contribution < 1.29 is 9.53 Å². The Kier molecular flexibility index (Phi) is 4.33. The van der Waals surface area contributed by atoms with Gasteiger partial charge < -0.3 is 10.5 Å². The number of hydrogen-bond donors (Lipinski definition) is 1. The molecule has 86 valence electrons. The molecule has 0 saturated heterocycles. The van der Waals surface area contributed by atoms with E-state index < -0.39 is 6.04 Å². The molecule has 1 aliphatic carbocycles. The lowest BCUT2D eigenvalue weighted by molar-refractivity contribution is -0.140. The van der Waals surface area contributed by atoms with Crippen LogP contribution < -0.4 is 5.73 Å². The van der Waals surface area contributed by atoms with E-state index in [4.69, 9.17) is 5.73 Å². The van der Waals surface area contributed by atoms with Crippen LogP contribution in [0.2, 0.25) is 0 Å². The van der Waals surface area contributed by atoms with Crippen LogP contribution in [0, 0.1) is 17.8 Å². The van der Waals surface area contributed by atoms with Crippen molar-refractivity contribution in [3.8, 4) is 0 Å². The Morgan fingerprint density at radius 1 is 1.40 bits per heavy atom. The first kappa shape index (κ1) is 12.2. The fourth-order valence-electron chi connectivity index (χ4n) is 2.31. The molecular formula is C12H21NO2. The fraction of sp³-hybridized carbons (Fsp3) is 0.750. The Labute approximate surface area is 91.7 Å². The third kappa shape index (κ3) is 3.06. The van der Waals surface area contributed by atoms with E-state index in [-0.39, 0.29) is 5.97 Å². The van der Waals surface area contributed by atoms with Crippen molar-refractivity contribution in [3.05, 3.63) is 12.2 Å². The average Bonchev–Trinajstić information content (AvgIpc) is 2.54. The Morgan fingerprint density at radius 3 is 2.40 bits per heavy atom. The predicted octanol–water partition coefficient (Wildman–Crippen LogP) is 1.73. The predicted molar refractivity (Wildman–Crippen MR) is 60.2 cm³/mol. The van der Waals surface area contributed by atoms with E-state index in [1.54, 1.807) is 6.08 Å². The summed E-state index contributed by atoms with van der Waals surface area (Å²) in [4.78, 5) is 11.1. The van der Waals surface area contributed by atoms with E-state index in [1.165, 1.54) is 20.0 Å². The van der Waals surface area contributed by atoms with Crippen LogP contribution in [0.15, 0.2) is 12.2 Å². The molecule has 0 aromatic carbocycles. The number of esters is 1. The third-order valence-corrected chi connectivity index (χ3v) is 3.41. The molecule has 0 aromatic heterocycles. The molecule has 15 heavy (non-hydrogen) atoms. The minimum absolute atomic E-state index is 0.371. The van der Waals surface area contributed by atoms with Gasteiger partial charge in [0.25, 0.3) is 0 Å². The summed E-state index contributed by atoms with van der Waals surface area (Å²) >= 11 is 0. The van der Waals surface area contributed by atoms with E-state index >= 15 is 0 Å². The van der Waals surface area contributed by atoms with Gasteiger partial charge in [-0.2, -0.15) is 0 Å². The van der Waals surface area contributed by atoms with Crippen molar-refractivity contribution in [3.63, 3.8) is 0 Å². The smallest absolute Gasteiger partial charge is 0.326 e. The highest BCUT2D eigenvalue weighted by Crippen LogP contribution is 2.37. The molecule has 1 fully saturated rings. The van der Waals surface area contributed by atoms with Gasteiger partial charge in [0.05, 0.1) is 7.11 Å². The molecule has 0 bridgehead atoms. The number of hydrogen-bond acceptors (Lipinski definition) is 3. The Bertz CT molecular complexity index is 240. The number of ether oxygens (including phenoxy) is 1. The van der Waals surface area contributed by atoms with Crippen LogP contribution in [0.1, 0.15) is 26.7 Å². The Hall–Kier alpha value is -0.830. The van der Waals surface area contributed by atoms with Crippen molar-refractivity contribution in [1.29, 1.82) is 0 Å². The third-order valence-electron chi connectivity index (χ3n) is 3.41. The molecule has 0 spiro atoms. The molecule has 0 radical (unpaired) electrons. The van der Waals surface area contributed by atoms with Crippen LogP contribution >= 0.6 is 0 Å². The average molecular weight is 211 g/mol. The summed E-state index contributed by atoms with van der Waals surface area (Å²) in [5, 5.41) is 0. The minimum Gasteiger partial charge on any atom is -0.468 e. The lowest BCUT2D eigenvalue weighted by atomic mass is 9.91. The maximum Gasteiger partial charge on any atom is 0.326 e. The zero-order valence-corrected chi connectivity index (χ0v) is 9.77. The Balaban J connectivity index is 2.52. The standard InChI is InChI=1S/C12H21NO2/c1-8-4-5-9(2)10(8)6-7-11(13)12(14)15-3/h6-11H,4-5,13H2,1-3H3/b7-6+. The lowest BCUT2D eigenvalue weighted by Gasteiger charge is -2.15. The lowest BCUT2D eigenvalue weighted by Crippen LogP contribution is -2.29. The highest BCUT2D eigenvalue weighted by atomic mass is 16.5. The number of rotatable bonds is 3. The topological polar surface area (TPSA) is 52.3 Å². The largest absolute Gasteiger partial charge is 0.468 e. The summed E-state index contributed by atoms with van der Waals surface area (Å²) in [5.41, 5.74) is 5.64. The zero-order valence-electron chi connectivity index (χ0n) is 9.77. The molecule has 0 aliphatic heterocycles. The van der Waals surface area contributed by atoms with E-state index in [0.717, 1.165) is 0 Å². The highest BCUT2D eigenvalue weighted by molar-refractivity contribution is 5.77. The van der Waals surface area contributed by atoms with Crippen LogP contribution in [0.5, 0.6) is 0 Å². The first-order valence-corrected chi connectivity index (χ1v) is 5.58. The van der Waals surface area contributed by atoms with Gasteiger partial charge in [-0.3, -0.25) is 4.79 Å². The van der Waals surface area contributed by atoms with E-state index in [2.05, 4.69) is 24.7 Å². The minimum atomic E-state index is -0.616. The molecule has 0 heterocycles. The quantitative estimate of drug-likeness (QED) is 0.571. The van der Waals surface area contributed by atoms with Crippen molar-refractivity contribution in [2.24, 2.45) is 23.5 Å². The molecule has 3 atom stereocenters. The van der Waals surface area contributed by atoms with Crippen LogP contribution in [-0.4, -0.2) is 19.1 Å². The second-order valence-electron chi connectivity index (χ2n) is 4.54. The van der Waals surface area contributed by atoms with Crippen LogP contribution in [0.4, 0.5) is 0 Å². The first-order valence-electron chi connectivity index (χ1n) is 5.58. The van der Waals surface area contributed by atoms with Gasteiger partial charge in [-0.1, -0.05) is 26.0 Å². The van der Waals surface area contributed by atoms with Gasteiger partial charge in [0.15, 0.2) is 0 Å². The number of nitrogens with two attached hydrogens (primary N) is 1. The SMILES string of the molecule is COC(=O)C(N)/C=C/C1C(C)CCC1C. The molecule has 0 aromatic rings. The van der Waals surface area contributed by atoms with Gasteiger partial charge in [0.1, 0.15) is 6.04 Å². The molecular weight excluding hydrogens is 190 g/mol. The number of allylic oxidation sites excluding steroid dienone is 1. The summed E-state index contributed by atoms with van der Waals surface area (Å²) in [6.07, 6.45) is 6.39. The highest BCUT2D eigenvalue weighted by Gasteiger charge is 2.28. The summed E-state index contributed by atoms with van der Waals surface area (Å²) in [6, 6.07) is -0.616. The molecule has 3 unspecified atom stereocenters. The van der Waals surface area contributed by atoms with Gasteiger partial charge in [-0.05, 0) is 30.6 Å². The van der Waals surface area contributed by atoms with Crippen molar-refractivity contribution in [1.82, 2.24) is 0 Å². The Morgan fingerprint density at radius 2 is 1.93 bits per heavy atom. The molecule has 1 saturated carbocycles. The van der Waals surface area contributed by atoms with E-state index in [0.29, 0.717) is 17.8 Å². The van der Waals surface area contributed by atoms with Gasteiger partial charge >= 0.3 is 5.97 Å². The monoisotopic (exact) mass is 211 g/mol. The molecule has 1 aliphatic rings. The first-order chi connectivity index (χ1) is 7.06. The summed E-state index contributed by atoms with van der Waals surface area (Å²) < 4.78 is 4.57. The summed E-state index contributed by atoms with van der Waals surface area (Å²) in [7, 11) is 1.36. The maximum absolute atomic E-state index is 11.1. The van der Waals surface area contributed by atoms with Crippen molar-refractivity contribution in [2.45, 2.75) is 32.7 Å². The molecule has 3 nitrogen and oxygen atoms in total. The number of carbonyl (C=O) groups excluding carboxylic acids is 1. The van der Waals surface area contributed by atoms with Gasteiger partial charge in [0, 0.05) is 0 Å². The normalized spacial score (nSPS) is 33.2. The van der Waals surface area contributed by atoms with Crippen molar-refractivity contribution in [2.75, 3.05) is 7.11 Å². The summed E-state index contributed by atoms with van der Waals surface area (Å²) in [5.74, 6) is 1.58. The van der Waals surface area contributed by atoms with Crippen LogP contribution in [0.3, 0.4) is 0 Å². The second-order valence-corrected chi connectivity index (χ2v) is 4.54. The summed E-state index contributed by atoms with van der Waals surface area (Å²) in [6.45, 7) is 4.50.